The van der Waals surface area contributed by atoms with Gasteiger partial charge in [0.15, 0.2) is 12.5 Å². The summed E-state index contributed by atoms with van der Waals surface area (Å²) in [4.78, 5) is 10.6. The standard InChI is InChI=1S/C8H7FO.C2H3N/c9-6-8(10)7-4-2-1-3-5-7;1-2-3/h1-5H,6H2;1H3. The monoisotopic (exact) mass is 179 g/mol. The summed E-state index contributed by atoms with van der Waals surface area (Å²) in [5.41, 5.74) is 0.435. The van der Waals surface area contributed by atoms with Crippen LogP contribution in [0.1, 0.15) is 17.3 Å². The van der Waals surface area contributed by atoms with Gasteiger partial charge in [0.2, 0.25) is 0 Å². The Morgan fingerprint density at radius 1 is 1.46 bits per heavy atom. The van der Waals surface area contributed by atoms with Crippen molar-refractivity contribution in [2.45, 2.75) is 6.92 Å². The van der Waals surface area contributed by atoms with Gasteiger partial charge in [0, 0.05) is 12.5 Å². The van der Waals surface area contributed by atoms with Crippen molar-refractivity contribution in [3.63, 3.8) is 0 Å². The van der Waals surface area contributed by atoms with Gasteiger partial charge in [-0.2, -0.15) is 5.26 Å². The van der Waals surface area contributed by atoms with E-state index in [9.17, 15) is 9.18 Å². The maximum atomic E-state index is 11.7. The summed E-state index contributed by atoms with van der Waals surface area (Å²) in [6, 6.07) is 10.2. The van der Waals surface area contributed by atoms with Crippen molar-refractivity contribution < 1.29 is 9.18 Å². The first-order valence-corrected chi connectivity index (χ1v) is 3.71. The summed E-state index contributed by atoms with van der Waals surface area (Å²) in [6.45, 7) is 0.518. The van der Waals surface area contributed by atoms with Gasteiger partial charge in [-0.25, -0.2) is 4.39 Å². The summed E-state index contributed by atoms with van der Waals surface area (Å²) < 4.78 is 11.7. The summed E-state index contributed by atoms with van der Waals surface area (Å²) in [5.74, 6) is -0.458. The average Bonchev–Trinajstić information content (AvgIpc) is 2.19. The van der Waals surface area contributed by atoms with Crippen LogP contribution in [0.25, 0.3) is 0 Å². The molecule has 1 aromatic carbocycles. The van der Waals surface area contributed by atoms with Crippen LogP contribution in [0.3, 0.4) is 0 Å². The van der Waals surface area contributed by atoms with Crippen molar-refractivity contribution in [2.75, 3.05) is 6.67 Å². The normalized spacial score (nSPS) is 7.77. The van der Waals surface area contributed by atoms with Crippen LogP contribution in [-0.2, 0) is 0 Å². The number of hydrogen-bond acceptors (Lipinski definition) is 2. The van der Waals surface area contributed by atoms with Crippen LogP contribution in [0.5, 0.6) is 0 Å². The molecule has 0 heterocycles. The highest BCUT2D eigenvalue weighted by molar-refractivity contribution is 5.96. The lowest BCUT2D eigenvalue weighted by atomic mass is 10.1. The minimum absolute atomic E-state index is 0.435. The molecule has 0 aliphatic heterocycles. The largest absolute Gasteiger partial charge is 0.291 e. The third-order valence-electron chi connectivity index (χ3n) is 1.22. The van der Waals surface area contributed by atoms with E-state index in [1.807, 2.05) is 0 Å². The van der Waals surface area contributed by atoms with Crippen molar-refractivity contribution >= 4 is 5.78 Å². The Balaban J connectivity index is 0.000000424. The molecule has 13 heavy (non-hydrogen) atoms. The Kier molecular flexibility index (Phi) is 6.08. The number of carbonyl (C=O) groups is 1. The summed E-state index contributed by atoms with van der Waals surface area (Å²) in [7, 11) is 0. The zero-order chi connectivity index (χ0) is 10.1. The van der Waals surface area contributed by atoms with Gasteiger partial charge >= 0.3 is 0 Å². The topological polar surface area (TPSA) is 40.9 Å². The molecule has 0 saturated heterocycles. The van der Waals surface area contributed by atoms with E-state index in [1.54, 1.807) is 36.4 Å². The van der Waals surface area contributed by atoms with Gasteiger partial charge in [0.25, 0.3) is 0 Å². The second-order valence-corrected chi connectivity index (χ2v) is 2.15. The van der Waals surface area contributed by atoms with E-state index in [0.29, 0.717) is 5.56 Å². The molecule has 1 aromatic rings. The van der Waals surface area contributed by atoms with Crippen molar-refractivity contribution in [1.82, 2.24) is 0 Å². The Morgan fingerprint density at radius 3 is 2.31 bits per heavy atom. The number of alkyl halides is 1. The molecule has 0 fully saturated rings. The van der Waals surface area contributed by atoms with Crippen LogP contribution >= 0.6 is 0 Å². The molecule has 0 amide bonds. The summed E-state index contributed by atoms with van der Waals surface area (Å²) in [5, 5.41) is 7.32. The van der Waals surface area contributed by atoms with E-state index in [4.69, 9.17) is 5.26 Å². The fourth-order valence-electron chi connectivity index (χ4n) is 0.701. The van der Waals surface area contributed by atoms with Crippen LogP contribution in [-0.4, -0.2) is 12.5 Å². The third-order valence-corrected chi connectivity index (χ3v) is 1.22. The van der Waals surface area contributed by atoms with Gasteiger partial charge in [-0.1, -0.05) is 30.3 Å². The molecule has 0 atom stereocenters. The predicted molar refractivity (Wildman–Crippen MR) is 48.0 cm³/mol. The van der Waals surface area contributed by atoms with Crippen LogP contribution in [0.2, 0.25) is 0 Å². The van der Waals surface area contributed by atoms with Crippen LogP contribution in [0.4, 0.5) is 4.39 Å². The van der Waals surface area contributed by atoms with Gasteiger partial charge in [-0.15, -0.1) is 0 Å². The lowest BCUT2D eigenvalue weighted by Crippen LogP contribution is -1.99. The molecule has 0 aliphatic rings. The average molecular weight is 179 g/mol. The number of rotatable bonds is 2. The van der Waals surface area contributed by atoms with Gasteiger partial charge in [0.1, 0.15) is 0 Å². The first-order valence-electron chi connectivity index (χ1n) is 3.71. The molecule has 0 saturated carbocycles. The number of nitrogens with zero attached hydrogens (tertiary/aromatic N) is 1. The van der Waals surface area contributed by atoms with Crippen molar-refractivity contribution in [2.24, 2.45) is 0 Å². The number of benzene rings is 1. The molecule has 0 spiro atoms. The molecule has 3 heteroatoms. The predicted octanol–water partition coefficient (Wildman–Crippen LogP) is 2.37. The highest BCUT2D eigenvalue weighted by Crippen LogP contribution is 1.99. The number of ketones is 1. The minimum Gasteiger partial charge on any atom is -0.291 e. The van der Waals surface area contributed by atoms with Gasteiger partial charge < -0.3 is 0 Å². The van der Waals surface area contributed by atoms with Crippen molar-refractivity contribution in [1.29, 1.82) is 5.26 Å². The molecule has 0 unspecified atom stereocenters. The molecule has 0 aromatic heterocycles. The summed E-state index contributed by atoms with van der Waals surface area (Å²) in [6.07, 6.45) is 0. The van der Waals surface area contributed by atoms with Crippen molar-refractivity contribution in [3.05, 3.63) is 35.9 Å². The minimum atomic E-state index is -0.913. The van der Waals surface area contributed by atoms with Gasteiger partial charge in [-0.3, -0.25) is 4.79 Å². The Morgan fingerprint density at radius 2 is 1.92 bits per heavy atom. The lowest BCUT2D eigenvalue weighted by Gasteiger charge is -1.91. The summed E-state index contributed by atoms with van der Waals surface area (Å²) >= 11 is 0. The highest BCUT2D eigenvalue weighted by Gasteiger charge is 2.01. The molecular formula is C10H10FNO. The van der Waals surface area contributed by atoms with Crippen LogP contribution < -0.4 is 0 Å². The first-order chi connectivity index (χ1) is 6.26. The fraction of sp³-hybridized carbons (Fsp3) is 0.200. The molecule has 0 N–H and O–H groups in total. The quantitative estimate of drug-likeness (QED) is 0.654. The van der Waals surface area contributed by atoms with E-state index in [-0.39, 0.29) is 0 Å². The number of halogens is 1. The molecule has 2 nitrogen and oxygen atoms in total. The smallest absolute Gasteiger partial charge is 0.193 e. The van der Waals surface area contributed by atoms with Crippen LogP contribution in [0.15, 0.2) is 30.3 Å². The van der Waals surface area contributed by atoms with E-state index in [0.717, 1.165) is 0 Å². The van der Waals surface area contributed by atoms with Crippen molar-refractivity contribution in [3.8, 4) is 6.07 Å². The molecule has 0 aliphatic carbocycles. The Labute approximate surface area is 76.6 Å². The highest BCUT2D eigenvalue weighted by atomic mass is 19.1. The fourth-order valence-corrected chi connectivity index (χ4v) is 0.701. The van der Waals surface area contributed by atoms with Crippen LogP contribution in [0, 0.1) is 11.3 Å². The number of hydrogen-bond donors (Lipinski definition) is 0. The zero-order valence-electron chi connectivity index (χ0n) is 7.33. The SMILES string of the molecule is CC#N.O=C(CF)c1ccccc1. The van der Waals surface area contributed by atoms with E-state index in [2.05, 4.69) is 0 Å². The number of nitriles is 1. The Bertz CT molecular complexity index is 290. The second kappa shape index (κ2) is 6.99. The Hall–Kier alpha value is -1.69. The molecule has 68 valence electrons. The maximum Gasteiger partial charge on any atom is 0.193 e. The molecule has 1 rings (SSSR count). The number of carbonyl (C=O) groups excluding carboxylic acids is 1. The molecule has 0 bridgehead atoms. The first kappa shape index (κ1) is 11.3. The lowest BCUT2D eigenvalue weighted by molar-refractivity contribution is 0.0958. The van der Waals surface area contributed by atoms with E-state index in [1.165, 1.54) is 6.92 Å². The maximum absolute atomic E-state index is 11.7. The van der Waals surface area contributed by atoms with E-state index >= 15 is 0 Å². The van der Waals surface area contributed by atoms with Gasteiger partial charge in [0.05, 0.1) is 6.07 Å². The molecule has 0 radical (unpaired) electrons. The zero-order valence-corrected chi connectivity index (χ0v) is 7.33. The third kappa shape index (κ3) is 4.70. The second-order valence-electron chi connectivity index (χ2n) is 2.15. The van der Waals surface area contributed by atoms with E-state index < -0.39 is 12.5 Å². The van der Waals surface area contributed by atoms with Gasteiger partial charge in [-0.05, 0) is 0 Å². The number of Topliss-reactive ketones (excluding diaryl/α,β-unsaturated/α-hetero) is 1. The molecular weight excluding hydrogens is 169 g/mol.